The zero-order valence-electron chi connectivity index (χ0n) is 6.17. The highest BCUT2D eigenvalue weighted by atomic mass is 19.2. The van der Waals surface area contributed by atoms with Crippen molar-refractivity contribution in [1.29, 1.82) is 0 Å². The Labute approximate surface area is 58.0 Å². The minimum absolute atomic E-state index is 0.194. The van der Waals surface area contributed by atoms with E-state index in [0.29, 0.717) is 0 Å². The van der Waals surface area contributed by atoms with E-state index in [-0.39, 0.29) is 16.1 Å². The Morgan fingerprint density at radius 1 is 1.40 bits per heavy atom. The topological polar surface area (TPSA) is 43.6 Å². The Balaban J connectivity index is 3.05. The van der Waals surface area contributed by atoms with Crippen LogP contribution in [0.5, 0.6) is 0 Å². The molecule has 5 heteroatoms. The molecule has 0 spiro atoms. The molecule has 4 nitrogen and oxygen atoms in total. The highest BCUT2D eigenvalue weighted by molar-refractivity contribution is 4.96. The summed E-state index contributed by atoms with van der Waals surface area (Å²) >= 11 is 0. The molecule has 0 unspecified atom stereocenters. The van der Waals surface area contributed by atoms with Gasteiger partial charge in [0.25, 0.3) is 0 Å². The normalized spacial score (nSPS) is 12.0. The Kier molecular flexibility index (Phi) is 1.42. The molecule has 1 aromatic heterocycles. The number of halogens is 1. The van der Waals surface area contributed by atoms with Crippen molar-refractivity contribution >= 4 is 0 Å². The van der Waals surface area contributed by atoms with Gasteiger partial charge in [0.05, 0.1) is 0 Å². The molecular formula is C5H9FN4. The molecule has 10 heavy (non-hydrogen) atoms. The number of tetrazole rings is 1. The summed E-state index contributed by atoms with van der Waals surface area (Å²) in [6, 6.07) is 0. The second kappa shape index (κ2) is 2.00. The van der Waals surface area contributed by atoms with E-state index >= 15 is 0 Å². The summed E-state index contributed by atoms with van der Waals surface area (Å²) in [6.07, 6.45) is 0. The predicted molar refractivity (Wildman–Crippen MR) is 33.0 cm³/mol. The van der Waals surface area contributed by atoms with E-state index in [2.05, 4.69) is 15.5 Å². The smallest absolute Gasteiger partial charge is 0.110 e. The van der Waals surface area contributed by atoms with Crippen LogP contribution in [-0.2, 0) is 5.41 Å². The van der Waals surface area contributed by atoms with Gasteiger partial charge in [0.15, 0.2) is 5.82 Å². The first-order valence-corrected chi connectivity index (χ1v) is 2.97. The number of nitrogens with zero attached hydrogens (tertiary/aromatic N) is 4. The molecule has 0 bridgehead atoms. The SMILES string of the molecule is CC(C)(C)c1nnnn1F. The largest absolute Gasteiger partial charge is 0.191 e. The summed E-state index contributed by atoms with van der Waals surface area (Å²) in [5, 5.41) is 9.76. The van der Waals surface area contributed by atoms with Crippen LogP contribution < -0.4 is 0 Å². The molecule has 0 saturated carbocycles. The fourth-order valence-electron chi connectivity index (χ4n) is 0.604. The molecular weight excluding hydrogens is 135 g/mol. The Hall–Kier alpha value is -1.00. The third-order valence-corrected chi connectivity index (χ3v) is 1.10. The molecule has 0 radical (unpaired) electrons. The van der Waals surface area contributed by atoms with E-state index in [4.69, 9.17) is 0 Å². The van der Waals surface area contributed by atoms with Crippen molar-refractivity contribution in [2.75, 3.05) is 0 Å². The van der Waals surface area contributed by atoms with Crippen molar-refractivity contribution in [2.45, 2.75) is 26.2 Å². The first-order valence-electron chi connectivity index (χ1n) is 2.97. The van der Waals surface area contributed by atoms with Gasteiger partial charge in [0, 0.05) is 5.41 Å². The lowest BCUT2D eigenvalue weighted by Crippen LogP contribution is -2.16. The zero-order valence-corrected chi connectivity index (χ0v) is 6.17. The number of hydrogen-bond donors (Lipinski definition) is 0. The molecule has 0 atom stereocenters. The van der Waals surface area contributed by atoms with Crippen molar-refractivity contribution in [3.05, 3.63) is 5.82 Å². The van der Waals surface area contributed by atoms with Gasteiger partial charge in [-0.3, -0.25) is 0 Å². The lowest BCUT2D eigenvalue weighted by atomic mass is 9.96. The maximum absolute atomic E-state index is 12.5. The van der Waals surface area contributed by atoms with Gasteiger partial charge in [-0.15, -0.1) is 5.10 Å². The van der Waals surface area contributed by atoms with Gasteiger partial charge in [-0.25, -0.2) is 0 Å². The molecule has 0 N–H and O–H groups in total. The number of hydrogen-bond acceptors (Lipinski definition) is 3. The molecule has 1 rings (SSSR count). The van der Waals surface area contributed by atoms with Gasteiger partial charge in [-0.05, 0) is 10.4 Å². The van der Waals surface area contributed by atoms with Crippen LogP contribution in [0.3, 0.4) is 0 Å². The van der Waals surface area contributed by atoms with Gasteiger partial charge in [-0.1, -0.05) is 30.2 Å². The van der Waals surface area contributed by atoms with Crippen molar-refractivity contribution in [3.63, 3.8) is 0 Å². The molecule has 56 valence electrons. The quantitative estimate of drug-likeness (QED) is 0.538. The van der Waals surface area contributed by atoms with Gasteiger partial charge < -0.3 is 0 Å². The van der Waals surface area contributed by atoms with E-state index in [9.17, 15) is 4.48 Å². The van der Waals surface area contributed by atoms with Crippen molar-refractivity contribution in [2.24, 2.45) is 0 Å². The molecule has 0 saturated heterocycles. The van der Waals surface area contributed by atoms with Crippen molar-refractivity contribution in [1.82, 2.24) is 20.4 Å². The van der Waals surface area contributed by atoms with Gasteiger partial charge in [-0.2, -0.15) is 0 Å². The Bertz CT molecular complexity index is 224. The van der Waals surface area contributed by atoms with Crippen molar-refractivity contribution in [3.8, 4) is 0 Å². The number of aromatic nitrogens is 4. The lowest BCUT2D eigenvalue weighted by Gasteiger charge is -2.12. The first kappa shape index (κ1) is 7.11. The van der Waals surface area contributed by atoms with E-state index in [0.717, 1.165) is 0 Å². The summed E-state index contributed by atoms with van der Waals surface area (Å²) in [4.78, 5) is 0.194. The maximum Gasteiger partial charge on any atom is 0.191 e. The summed E-state index contributed by atoms with van der Waals surface area (Å²) in [5.41, 5.74) is -0.335. The van der Waals surface area contributed by atoms with E-state index in [1.165, 1.54) is 0 Å². The van der Waals surface area contributed by atoms with Gasteiger partial charge in [0.1, 0.15) is 0 Å². The van der Waals surface area contributed by atoms with Gasteiger partial charge in [0.2, 0.25) is 0 Å². The van der Waals surface area contributed by atoms with Gasteiger partial charge >= 0.3 is 0 Å². The third kappa shape index (κ3) is 1.12. The van der Waals surface area contributed by atoms with Crippen LogP contribution in [0, 0.1) is 0 Å². The highest BCUT2D eigenvalue weighted by Crippen LogP contribution is 2.17. The minimum Gasteiger partial charge on any atom is -0.110 e. The third-order valence-electron chi connectivity index (χ3n) is 1.10. The number of rotatable bonds is 0. The van der Waals surface area contributed by atoms with Crippen LogP contribution in [0.15, 0.2) is 0 Å². The molecule has 1 heterocycles. The first-order chi connectivity index (χ1) is 4.52. The molecule has 0 aliphatic rings. The van der Waals surface area contributed by atoms with Crippen LogP contribution in [0.25, 0.3) is 0 Å². The predicted octanol–water partition coefficient (Wildman–Crippen LogP) is 0.703. The average molecular weight is 144 g/mol. The van der Waals surface area contributed by atoms with Crippen LogP contribution in [-0.4, -0.2) is 20.4 Å². The summed E-state index contributed by atoms with van der Waals surface area (Å²) in [5.74, 6) is 0.243. The highest BCUT2D eigenvalue weighted by Gasteiger charge is 2.21. The fourth-order valence-corrected chi connectivity index (χ4v) is 0.604. The molecule has 1 aromatic rings. The average Bonchev–Trinajstić information content (AvgIpc) is 2.11. The zero-order chi connectivity index (χ0) is 7.78. The maximum atomic E-state index is 12.5. The molecule has 0 fully saturated rings. The molecule has 0 aromatic carbocycles. The second-order valence-corrected chi connectivity index (χ2v) is 3.11. The summed E-state index contributed by atoms with van der Waals surface area (Å²) in [7, 11) is 0. The van der Waals surface area contributed by atoms with Crippen LogP contribution in [0.2, 0.25) is 0 Å². The molecule has 0 amide bonds. The standard InChI is InChI=1S/C5H9FN4/c1-5(2,3)4-7-8-9-10(4)6/h1-3H3. The Morgan fingerprint density at radius 3 is 2.20 bits per heavy atom. The Morgan fingerprint density at radius 2 is 2.00 bits per heavy atom. The molecule has 0 aliphatic heterocycles. The van der Waals surface area contributed by atoms with E-state index in [1.54, 1.807) is 0 Å². The molecule has 0 aliphatic carbocycles. The van der Waals surface area contributed by atoms with Crippen LogP contribution in [0.1, 0.15) is 26.6 Å². The summed E-state index contributed by atoms with van der Waals surface area (Å²) in [6.45, 7) is 5.53. The van der Waals surface area contributed by atoms with Crippen LogP contribution in [0.4, 0.5) is 4.48 Å². The van der Waals surface area contributed by atoms with Crippen molar-refractivity contribution < 1.29 is 4.48 Å². The van der Waals surface area contributed by atoms with Crippen LogP contribution >= 0.6 is 0 Å². The fraction of sp³-hybridized carbons (Fsp3) is 0.800. The monoisotopic (exact) mass is 144 g/mol. The van der Waals surface area contributed by atoms with E-state index < -0.39 is 0 Å². The summed E-state index contributed by atoms with van der Waals surface area (Å²) < 4.78 is 12.5. The van der Waals surface area contributed by atoms with E-state index in [1.807, 2.05) is 20.8 Å². The lowest BCUT2D eigenvalue weighted by molar-refractivity contribution is 0.272. The second-order valence-electron chi connectivity index (χ2n) is 3.11. The minimum atomic E-state index is -0.335.